The number of benzene rings is 1. The lowest BCUT2D eigenvalue weighted by Crippen LogP contribution is -2.36. The molecule has 7 heteroatoms. The van der Waals surface area contributed by atoms with Crippen molar-refractivity contribution < 1.29 is 19.5 Å². The van der Waals surface area contributed by atoms with Crippen molar-refractivity contribution in [3.8, 4) is 0 Å². The van der Waals surface area contributed by atoms with Gasteiger partial charge in [0.05, 0.1) is 6.04 Å². The highest BCUT2D eigenvalue weighted by molar-refractivity contribution is 5.98. The van der Waals surface area contributed by atoms with E-state index < -0.39 is 17.9 Å². The largest absolute Gasteiger partial charge is 0.481 e. The maximum Gasteiger partial charge on any atom is 0.303 e. The summed E-state index contributed by atoms with van der Waals surface area (Å²) in [7, 11) is 3.27. The number of nitrogens with zero attached hydrogens (tertiary/aromatic N) is 1. The average molecular weight is 293 g/mol. The molecule has 0 aromatic heterocycles. The van der Waals surface area contributed by atoms with Crippen LogP contribution in [-0.4, -0.2) is 47.9 Å². The molecular formula is C14H19N3O4. The number of carboxylic acids is 1. The van der Waals surface area contributed by atoms with Gasteiger partial charge in [0.1, 0.15) is 0 Å². The van der Waals surface area contributed by atoms with Gasteiger partial charge in [0.15, 0.2) is 0 Å². The van der Waals surface area contributed by atoms with Crippen molar-refractivity contribution in [2.75, 3.05) is 19.4 Å². The Labute approximate surface area is 122 Å². The van der Waals surface area contributed by atoms with E-state index in [4.69, 9.17) is 10.8 Å². The molecule has 1 unspecified atom stereocenters. The van der Waals surface area contributed by atoms with E-state index in [0.29, 0.717) is 11.3 Å². The lowest BCUT2D eigenvalue weighted by molar-refractivity contribution is -0.137. The van der Waals surface area contributed by atoms with Gasteiger partial charge in [-0.15, -0.1) is 0 Å². The zero-order valence-corrected chi connectivity index (χ0v) is 12.0. The van der Waals surface area contributed by atoms with E-state index in [1.165, 1.54) is 4.90 Å². The predicted molar refractivity (Wildman–Crippen MR) is 77.9 cm³/mol. The Morgan fingerprint density at radius 2 is 2.00 bits per heavy atom. The van der Waals surface area contributed by atoms with Crippen LogP contribution in [0.25, 0.3) is 0 Å². The van der Waals surface area contributed by atoms with Gasteiger partial charge in [-0.3, -0.25) is 14.4 Å². The quantitative estimate of drug-likeness (QED) is 0.707. The topological polar surface area (TPSA) is 113 Å². The molecule has 0 bridgehead atoms. The molecule has 2 amide bonds. The van der Waals surface area contributed by atoms with Crippen LogP contribution >= 0.6 is 0 Å². The Morgan fingerprint density at radius 3 is 2.57 bits per heavy atom. The van der Waals surface area contributed by atoms with E-state index in [9.17, 15) is 14.4 Å². The molecule has 0 radical (unpaired) electrons. The average Bonchev–Trinajstić information content (AvgIpc) is 2.43. The maximum atomic E-state index is 11.8. The second-order valence-corrected chi connectivity index (χ2v) is 4.81. The zero-order valence-electron chi connectivity index (χ0n) is 12.0. The molecule has 0 saturated carbocycles. The molecule has 7 nitrogen and oxygen atoms in total. The van der Waals surface area contributed by atoms with Crippen LogP contribution in [0.5, 0.6) is 0 Å². The van der Waals surface area contributed by atoms with E-state index in [-0.39, 0.29) is 18.7 Å². The molecule has 4 N–H and O–H groups in total. The van der Waals surface area contributed by atoms with Gasteiger partial charge >= 0.3 is 5.97 Å². The van der Waals surface area contributed by atoms with E-state index in [2.05, 4.69) is 5.32 Å². The molecule has 0 aliphatic rings. The summed E-state index contributed by atoms with van der Waals surface area (Å²) in [5.41, 5.74) is 6.49. The summed E-state index contributed by atoms with van der Waals surface area (Å²) in [6, 6.07) is 5.56. The molecule has 0 heterocycles. The minimum Gasteiger partial charge on any atom is -0.481 e. The van der Waals surface area contributed by atoms with Crippen LogP contribution in [0.2, 0.25) is 0 Å². The highest BCUT2D eigenvalue weighted by Gasteiger charge is 2.16. The van der Waals surface area contributed by atoms with Crippen molar-refractivity contribution in [2.24, 2.45) is 5.73 Å². The van der Waals surface area contributed by atoms with Gasteiger partial charge in [-0.2, -0.15) is 0 Å². The van der Waals surface area contributed by atoms with E-state index >= 15 is 0 Å². The van der Waals surface area contributed by atoms with E-state index in [1.807, 2.05) is 0 Å². The summed E-state index contributed by atoms with van der Waals surface area (Å²) in [6.07, 6.45) is -0.120. The highest BCUT2D eigenvalue weighted by atomic mass is 16.4. The molecule has 1 aromatic carbocycles. The van der Waals surface area contributed by atoms with Crippen molar-refractivity contribution in [3.63, 3.8) is 0 Å². The molecule has 1 rings (SSSR count). The number of carboxylic acid groups (broad SMARTS) is 1. The van der Waals surface area contributed by atoms with Crippen LogP contribution in [0.1, 0.15) is 23.2 Å². The molecule has 0 saturated heterocycles. The standard InChI is InChI=1S/C14H19N3O4/c1-17(2)14(21)9-4-3-5-10(8-9)16-13(20)11(15)6-7-12(18)19/h3-5,8,11H,6-7,15H2,1-2H3,(H,16,20)(H,18,19). The molecule has 0 fully saturated rings. The molecule has 0 spiro atoms. The first-order chi connectivity index (χ1) is 9.81. The third-order valence-electron chi connectivity index (χ3n) is 2.79. The molecule has 1 atom stereocenters. The molecule has 0 aliphatic carbocycles. The zero-order chi connectivity index (χ0) is 16.0. The normalized spacial score (nSPS) is 11.6. The number of hydrogen-bond acceptors (Lipinski definition) is 4. The first-order valence-electron chi connectivity index (χ1n) is 6.41. The van der Waals surface area contributed by atoms with Crippen LogP contribution < -0.4 is 11.1 Å². The summed E-state index contributed by atoms with van der Waals surface area (Å²) in [6.45, 7) is 0. The van der Waals surface area contributed by atoms with E-state index in [1.54, 1.807) is 38.4 Å². The summed E-state index contributed by atoms with van der Waals surface area (Å²) in [5.74, 6) is -1.66. The third kappa shape index (κ3) is 5.23. The lowest BCUT2D eigenvalue weighted by atomic mass is 10.1. The number of amides is 2. The van der Waals surface area contributed by atoms with Crippen LogP contribution in [0.3, 0.4) is 0 Å². The van der Waals surface area contributed by atoms with E-state index in [0.717, 1.165) is 0 Å². The van der Waals surface area contributed by atoms with Crippen molar-refractivity contribution in [2.45, 2.75) is 18.9 Å². The molecule has 21 heavy (non-hydrogen) atoms. The van der Waals surface area contributed by atoms with Crippen molar-refractivity contribution in [1.29, 1.82) is 0 Å². The third-order valence-corrected chi connectivity index (χ3v) is 2.79. The molecule has 0 aliphatic heterocycles. The number of carbonyl (C=O) groups excluding carboxylic acids is 2. The van der Waals surface area contributed by atoms with Gasteiger partial charge in [-0.05, 0) is 24.6 Å². The maximum absolute atomic E-state index is 11.8. The number of nitrogens with two attached hydrogens (primary N) is 1. The first-order valence-corrected chi connectivity index (χ1v) is 6.41. The smallest absolute Gasteiger partial charge is 0.303 e. The fourth-order valence-corrected chi connectivity index (χ4v) is 1.63. The first kappa shape index (κ1) is 16.6. The summed E-state index contributed by atoms with van der Waals surface area (Å²) >= 11 is 0. The SMILES string of the molecule is CN(C)C(=O)c1cccc(NC(=O)C(N)CCC(=O)O)c1. The van der Waals surface area contributed by atoms with Gasteiger partial charge in [-0.25, -0.2) is 0 Å². The fourth-order valence-electron chi connectivity index (χ4n) is 1.63. The number of rotatable bonds is 6. The number of nitrogens with one attached hydrogen (secondary N) is 1. The summed E-state index contributed by atoms with van der Waals surface area (Å²) in [4.78, 5) is 35.5. The number of carbonyl (C=O) groups is 3. The summed E-state index contributed by atoms with van der Waals surface area (Å²) < 4.78 is 0. The van der Waals surface area contributed by atoms with Gasteiger partial charge < -0.3 is 21.1 Å². The van der Waals surface area contributed by atoms with Crippen LogP contribution in [0, 0.1) is 0 Å². The van der Waals surface area contributed by atoms with Crippen LogP contribution in [0.4, 0.5) is 5.69 Å². The van der Waals surface area contributed by atoms with Crippen molar-refractivity contribution in [3.05, 3.63) is 29.8 Å². The minimum atomic E-state index is -1.00. The molecular weight excluding hydrogens is 274 g/mol. The lowest BCUT2D eigenvalue weighted by Gasteiger charge is -2.13. The van der Waals surface area contributed by atoms with Crippen LogP contribution in [0.15, 0.2) is 24.3 Å². The fraction of sp³-hybridized carbons (Fsp3) is 0.357. The number of hydrogen-bond donors (Lipinski definition) is 3. The highest BCUT2D eigenvalue weighted by Crippen LogP contribution is 2.12. The number of anilines is 1. The predicted octanol–water partition coefficient (Wildman–Crippen LogP) is 0.519. The Kier molecular flexibility index (Phi) is 5.86. The monoisotopic (exact) mass is 293 g/mol. The van der Waals surface area contributed by atoms with Gasteiger partial charge in [0, 0.05) is 31.8 Å². The number of aliphatic carboxylic acids is 1. The van der Waals surface area contributed by atoms with Crippen LogP contribution in [-0.2, 0) is 9.59 Å². The van der Waals surface area contributed by atoms with Gasteiger partial charge in [-0.1, -0.05) is 6.07 Å². The minimum absolute atomic E-state index is 0.0531. The Balaban J connectivity index is 2.70. The van der Waals surface area contributed by atoms with Gasteiger partial charge in [0.2, 0.25) is 5.91 Å². The second kappa shape index (κ2) is 7.39. The van der Waals surface area contributed by atoms with Crippen molar-refractivity contribution >= 4 is 23.5 Å². The Morgan fingerprint density at radius 1 is 1.33 bits per heavy atom. The van der Waals surface area contributed by atoms with Crippen molar-refractivity contribution in [1.82, 2.24) is 4.90 Å². The second-order valence-electron chi connectivity index (χ2n) is 4.81. The molecule has 114 valence electrons. The Hall–Kier alpha value is -2.41. The van der Waals surface area contributed by atoms with Gasteiger partial charge in [0.25, 0.3) is 5.91 Å². The Bertz CT molecular complexity index is 543. The molecule has 1 aromatic rings. The summed E-state index contributed by atoms with van der Waals surface area (Å²) in [5, 5.41) is 11.1.